The number of anilines is 1. The fourth-order valence-electron chi connectivity index (χ4n) is 4.73. The highest BCUT2D eigenvalue weighted by Gasteiger charge is 2.21. The zero-order chi connectivity index (χ0) is 24.6. The average Bonchev–Trinajstić information content (AvgIpc) is 3.25. The molecule has 0 saturated heterocycles. The number of ether oxygens (including phenoxy) is 2. The summed E-state index contributed by atoms with van der Waals surface area (Å²) in [6, 6.07) is 18.7. The van der Waals surface area contributed by atoms with Gasteiger partial charge >= 0.3 is 0 Å². The minimum atomic E-state index is 0. The summed E-state index contributed by atoms with van der Waals surface area (Å²) in [5.41, 5.74) is 6.27. The lowest BCUT2D eigenvalue weighted by Crippen LogP contribution is -2.27. The molecule has 0 amide bonds. The summed E-state index contributed by atoms with van der Waals surface area (Å²) in [6.07, 6.45) is 1.73. The SMILES string of the molecule is COc1ccc2c(N3CCOc4ccc(-c5ccc6nc[nH]c6c5)cc4C3)nc(CN(C)C)nc2c1.[HH]. The number of imidazole rings is 1. The van der Waals surface area contributed by atoms with E-state index in [0.717, 1.165) is 68.3 Å². The lowest BCUT2D eigenvalue weighted by atomic mass is 10.0. The zero-order valence-corrected chi connectivity index (χ0v) is 20.7. The lowest BCUT2D eigenvalue weighted by Gasteiger charge is -2.24. The van der Waals surface area contributed by atoms with Gasteiger partial charge in [0.2, 0.25) is 0 Å². The molecule has 0 spiro atoms. The van der Waals surface area contributed by atoms with Gasteiger partial charge in [-0.05, 0) is 61.6 Å². The van der Waals surface area contributed by atoms with Gasteiger partial charge in [0.05, 0.1) is 43.1 Å². The minimum absolute atomic E-state index is 0. The van der Waals surface area contributed by atoms with Crippen LogP contribution in [0.15, 0.2) is 60.9 Å². The molecule has 0 unspecified atom stereocenters. The molecule has 8 nitrogen and oxygen atoms in total. The van der Waals surface area contributed by atoms with Crippen LogP contribution in [-0.2, 0) is 13.1 Å². The first-order valence-electron chi connectivity index (χ1n) is 12.0. The Morgan fingerprint density at radius 3 is 2.75 bits per heavy atom. The number of methoxy groups -OCH3 is 1. The summed E-state index contributed by atoms with van der Waals surface area (Å²) < 4.78 is 11.6. The number of aromatic amines is 1. The zero-order valence-electron chi connectivity index (χ0n) is 20.7. The van der Waals surface area contributed by atoms with E-state index in [1.165, 1.54) is 0 Å². The van der Waals surface area contributed by atoms with Crippen molar-refractivity contribution in [2.24, 2.45) is 0 Å². The summed E-state index contributed by atoms with van der Waals surface area (Å²) >= 11 is 0. The molecule has 1 aliphatic rings. The number of benzene rings is 3. The summed E-state index contributed by atoms with van der Waals surface area (Å²) in [4.78, 5) is 21.7. The van der Waals surface area contributed by atoms with Crippen LogP contribution in [0.25, 0.3) is 33.1 Å². The van der Waals surface area contributed by atoms with E-state index in [0.29, 0.717) is 19.7 Å². The topological polar surface area (TPSA) is 79.4 Å². The van der Waals surface area contributed by atoms with E-state index >= 15 is 0 Å². The molecule has 0 fully saturated rings. The Morgan fingerprint density at radius 1 is 1.03 bits per heavy atom. The predicted octanol–water partition coefficient (Wildman–Crippen LogP) is 4.89. The highest BCUT2D eigenvalue weighted by Crippen LogP contribution is 2.34. The fourth-order valence-corrected chi connectivity index (χ4v) is 4.73. The maximum absolute atomic E-state index is 6.16. The molecule has 6 rings (SSSR count). The van der Waals surface area contributed by atoms with Gasteiger partial charge in [-0.15, -0.1) is 0 Å². The van der Waals surface area contributed by atoms with E-state index in [1.54, 1.807) is 13.4 Å². The van der Waals surface area contributed by atoms with Gasteiger partial charge < -0.3 is 24.3 Å². The Bertz CT molecular complexity index is 1570. The van der Waals surface area contributed by atoms with Crippen LogP contribution in [-0.4, -0.2) is 59.2 Å². The number of H-pyrrole nitrogens is 1. The van der Waals surface area contributed by atoms with Crippen molar-refractivity contribution >= 4 is 27.8 Å². The standard InChI is InChI=1S/C28H28N6O2.H2/c1-33(2)16-27-31-24-14-21(35-3)6-7-22(24)28(32-27)34-10-11-36-26-9-5-18(12-20(26)15-34)19-4-8-23-25(13-19)30-17-29-23;/h4-9,12-14,17H,10-11,15-16H2,1-3H3,(H,29,30);1H. The third-order valence-corrected chi connectivity index (χ3v) is 6.48. The third kappa shape index (κ3) is 4.20. The Labute approximate surface area is 211 Å². The largest absolute Gasteiger partial charge is 0.497 e. The molecule has 0 radical (unpaired) electrons. The second kappa shape index (κ2) is 9.13. The molecule has 0 atom stereocenters. The monoisotopic (exact) mass is 482 g/mol. The van der Waals surface area contributed by atoms with Crippen molar-refractivity contribution in [3.8, 4) is 22.6 Å². The van der Waals surface area contributed by atoms with Crippen molar-refractivity contribution in [3.63, 3.8) is 0 Å². The van der Waals surface area contributed by atoms with E-state index < -0.39 is 0 Å². The van der Waals surface area contributed by atoms with Crippen molar-refractivity contribution in [2.45, 2.75) is 13.1 Å². The van der Waals surface area contributed by atoms with Gasteiger partial charge in [0.15, 0.2) is 0 Å². The van der Waals surface area contributed by atoms with E-state index in [2.05, 4.69) is 50.1 Å². The molecule has 0 bridgehead atoms. The molecule has 5 aromatic rings. The summed E-state index contributed by atoms with van der Waals surface area (Å²) in [5, 5.41) is 1.00. The Hall–Kier alpha value is -4.17. The van der Waals surface area contributed by atoms with E-state index in [4.69, 9.17) is 19.4 Å². The van der Waals surface area contributed by atoms with Crippen molar-refractivity contribution in [1.82, 2.24) is 24.8 Å². The molecule has 3 heterocycles. The first-order valence-corrected chi connectivity index (χ1v) is 12.0. The molecule has 3 aromatic carbocycles. The summed E-state index contributed by atoms with van der Waals surface area (Å²) in [7, 11) is 5.72. The Balaban J connectivity index is 0.00000280. The fraction of sp³-hybridized carbons (Fsp3) is 0.250. The summed E-state index contributed by atoms with van der Waals surface area (Å²) in [5.74, 6) is 3.40. The molecule has 1 N–H and O–H groups in total. The third-order valence-electron chi connectivity index (χ3n) is 6.48. The molecule has 2 aromatic heterocycles. The van der Waals surface area contributed by atoms with Crippen molar-refractivity contribution in [1.29, 1.82) is 0 Å². The van der Waals surface area contributed by atoms with Gasteiger partial charge in [0.25, 0.3) is 0 Å². The molecule has 36 heavy (non-hydrogen) atoms. The van der Waals surface area contributed by atoms with E-state index in [-0.39, 0.29) is 1.43 Å². The highest BCUT2D eigenvalue weighted by atomic mass is 16.5. The number of hydrogen-bond donors (Lipinski definition) is 1. The molecule has 0 aliphatic carbocycles. The van der Waals surface area contributed by atoms with Crippen LogP contribution in [0.3, 0.4) is 0 Å². The Morgan fingerprint density at radius 2 is 1.89 bits per heavy atom. The molecular weight excluding hydrogens is 452 g/mol. The molecule has 8 heteroatoms. The van der Waals surface area contributed by atoms with Crippen LogP contribution < -0.4 is 14.4 Å². The number of rotatable bonds is 5. The average molecular weight is 483 g/mol. The normalized spacial score (nSPS) is 13.6. The molecule has 0 saturated carbocycles. The van der Waals surface area contributed by atoms with Gasteiger partial charge in [-0.1, -0.05) is 12.1 Å². The highest BCUT2D eigenvalue weighted by molar-refractivity contribution is 5.90. The van der Waals surface area contributed by atoms with Gasteiger partial charge in [0.1, 0.15) is 29.7 Å². The second-order valence-electron chi connectivity index (χ2n) is 9.31. The van der Waals surface area contributed by atoms with E-state index in [1.807, 2.05) is 38.4 Å². The van der Waals surface area contributed by atoms with Gasteiger partial charge in [-0.3, -0.25) is 0 Å². The lowest BCUT2D eigenvalue weighted by molar-refractivity contribution is 0.331. The van der Waals surface area contributed by atoms with Gasteiger partial charge in [0, 0.05) is 25.0 Å². The van der Waals surface area contributed by atoms with Crippen molar-refractivity contribution in [3.05, 3.63) is 72.3 Å². The first-order chi connectivity index (χ1) is 17.6. The minimum Gasteiger partial charge on any atom is -0.497 e. The molecule has 184 valence electrons. The molecular formula is C28H30N6O2. The van der Waals surface area contributed by atoms with Crippen LogP contribution in [0.5, 0.6) is 11.5 Å². The second-order valence-corrected chi connectivity index (χ2v) is 9.31. The maximum atomic E-state index is 6.16. The van der Waals surface area contributed by atoms with Crippen LogP contribution >= 0.6 is 0 Å². The van der Waals surface area contributed by atoms with Crippen molar-refractivity contribution < 1.29 is 10.9 Å². The van der Waals surface area contributed by atoms with Crippen LogP contribution in [0.4, 0.5) is 5.82 Å². The number of nitrogens with one attached hydrogen (secondary N) is 1. The number of fused-ring (bicyclic) bond motifs is 3. The number of aromatic nitrogens is 4. The van der Waals surface area contributed by atoms with E-state index in [9.17, 15) is 0 Å². The van der Waals surface area contributed by atoms with Crippen LogP contribution in [0, 0.1) is 0 Å². The number of nitrogens with zero attached hydrogens (tertiary/aromatic N) is 5. The molecule has 1 aliphatic heterocycles. The van der Waals surface area contributed by atoms with Crippen molar-refractivity contribution in [2.75, 3.05) is 39.3 Å². The predicted molar refractivity (Wildman–Crippen MR) is 144 cm³/mol. The van der Waals surface area contributed by atoms with Gasteiger partial charge in [-0.2, -0.15) is 0 Å². The van der Waals surface area contributed by atoms with Crippen LogP contribution in [0.1, 0.15) is 12.8 Å². The first kappa shape index (κ1) is 22.3. The smallest absolute Gasteiger partial charge is 0.145 e. The quantitative estimate of drug-likeness (QED) is 0.382. The number of hydrogen-bond acceptors (Lipinski definition) is 7. The van der Waals surface area contributed by atoms with Crippen LogP contribution in [0.2, 0.25) is 0 Å². The Kier molecular flexibility index (Phi) is 5.65. The van der Waals surface area contributed by atoms with Gasteiger partial charge in [-0.25, -0.2) is 15.0 Å². The summed E-state index contributed by atoms with van der Waals surface area (Å²) in [6.45, 7) is 2.65. The maximum Gasteiger partial charge on any atom is 0.145 e.